The lowest BCUT2D eigenvalue weighted by molar-refractivity contribution is -0.125. The van der Waals surface area contributed by atoms with Gasteiger partial charge in [-0.1, -0.05) is 33.8 Å². The second-order valence-corrected chi connectivity index (χ2v) is 9.89. The molecule has 2 aromatic rings. The van der Waals surface area contributed by atoms with Crippen molar-refractivity contribution in [3.8, 4) is 0 Å². The fourth-order valence-electron chi connectivity index (χ4n) is 4.86. The fraction of sp³-hybridized carbons (Fsp3) is 0.440. The van der Waals surface area contributed by atoms with Crippen molar-refractivity contribution < 1.29 is 14.3 Å². The second-order valence-electron chi connectivity index (χ2n) is 9.89. The van der Waals surface area contributed by atoms with Gasteiger partial charge in [0.25, 0.3) is 0 Å². The predicted octanol–water partition coefficient (Wildman–Crippen LogP) is 3.92. The Morgan fingerprint density at radius 2 is 1.79 bits per heavy atom. The normalized spacial score (nSPS) is 23.7. The highest BCUT2D eigenvalue weighted by molar-refractivity contribution is 6.04. The summed E-state index contributed by atoms with van der Waals surface area (Å²) in [6.07, 6.45) is 11.1. The Morgan fingerprint density at radius 1 is 1.09 bits per heavy atom. The first-order valence-electron chi connectivity index (χ1n) is 11.5. The lowest BCUT2D eigenvalue weighted by atomic mass is 9.75. The van der Waals surface area contributed by atoms with E-state index in [0.29, 0.717) is 30.5 Å². The number of carbonyl (C=O) groups excluding carboxylic acids is 2. The van der Waals surface area contributed by atoms with Crippen molar-refractivity contribution in [1.29, 1.82) is 0 Å². The zero-order valence-electron chi connectivity index (χ0n) is 20.0. The van der Waals surface area contributed by atoms with Crippen LogP contribution < -0.4 is 9.80 Å². The molecule has 0 radical (unpaired) electrons. The molecule has 2 aliphatic heterocycles. The molecule has 0 spiro atoms. The van der Waals surface area contributed by atoms with Gasteiger partial charge >= 0.3 is 6.09 Å². The molecule has 2 amide bonds. The van der Waals surface area contributed by atoms with E-state index in [-0.39, 0.29) is 23.8 Å². The zero-order chi connectivity index (χ0) is 24.2. The molecule has 0 bridgehead atoms. The second kappa shape index (κ2) is 8.00. The minimum Gasteiger partial charge on any atom is -0.447 e. The molecule has 1 unspecified atom stereocenters. The summed E-state index contributed by atoms with van der Waals surface area (Å²) in [4.78, 5) is 46.9. The molecule has 0 N–H and O–H groups in total. The number of ether oxygens (including phenoxy) is 1. The maximum absolute atomic E-state index is 13.6. The van der Waals surface area contributed by atoms with Crippen LogP contribution >= 0.6 is 0 Å². The van der Waals surface area contributed by atoms with Crippen LogP contribution in [0.4, 0.5) is 16.4 Å². The number of hydrogen-bond acceptors (Lipinski definition) is 7. The smallest absolute Gasteiger partial charge is 0.415 e. The predicted molar refractivity (Wildman–Crippen MR) is 127 cm³/mol. The summed E-state index contributed by atoms with van der Waals surface area (Å²) in [5, 5.41) is 0. The van der Waals surface area contributed by atoms with Gasteiger partial charge in [0.15, 0.2) is 11.6 Å². The number of anilines is 2. The van der Waals surface area contributed by atoms with E-state index in [0.717, 1.165) is 16.8 Å². The molecule has 34 heavy (non-hydrogen) atoms. The van der Waals surface area contributed by atoms with Gasteiger partial charge < -0.3 is 4.74 Å². The first kappa shape index (κ1) is 22.2. The molecule has 9 nitrogen and oxygen atoms in total. The van der Waals surface area contributed by atoms with Crippen molar-refractivity contribution >= 4 is 29.2 Å². The number of carbonyl (C=O) groups is 2. The van der Waals surface area contributed by atoms with Crippen molar-refractivity contribution in [3.05, 3.63) is 54.0 Å². The monoisotopic (exact) mass is 460 g/mol. The molecule has 4 heterocycles. The molecule has 5 rings (SSSR count). The van der Waals surface area contributed by atoms with Crippen molar-refractivity contribution in [2.45, 2.75) is 47.1 Å². The SMILES string of the molecule is Cc1ncc(C2=CCC3C(=C2)N(c2cncc(N4C(=O)OC[C@H]4C(C)C)n2)C(=O)C3(C)C)cn1. The third-order valence-corrected chi connectivity index (χ3v) is 6.99. The molecular weight excluding hydrogens is 432 g/mol. The van der Waals surface area contributed by atoms with E-state index in [1.165, 1.54) is 4.90 Å². The number of cyclic esters (lactones) is 1. The minimum absolute atomic E-state index is 0.000683. The Labute approximate surface area is 198 Å². The van der Waals surface area contributed by atoms with E-state index >= 15 is 0 Å². The molecule has 9 heteroatoms. The van der Waals surface area contributed by atoms with Gasteiger partial charge in [-0.25, -0.2) is 19.7 Å². The van der Waals surface area contributed by atoms with E-state index in [4.69, 9.17) is 9.72 Å². The summed E-state index contributed by atoms with van der Waals surface area (Å²) < 4.78 is 5.28. The summed E-state index contributed by atoms with van der Waals surface area (Å²) in [5.41, 5.74) is 2.12. The number of amides is 2. The molecule has 3 aliphatic rings. The highest BCUT2D eigenvalue weighted by Gasteiger charge is 2.52. The summed E-state index contributed by atoms with van der Waals surface area (Å²) in [7, 11) is 0. The standard InChI is InChI=1S/C25H28N6O3/c1-14(2)20-13-34-24(33)31(20)22-12-26-11-21(29-22)30-19-8-16(17-9-27-15(3)28-10-17)6-7-18(19)25(4,5)23(30)32/h6,8-12,14,18,20H,7,13H2,1-5H3/t18?,20-/m0/s1. The van der Waals surface area contributed by atoms with Crippen LogP contribution in [0.25, 0.3) is 5.57 Å². The third kappa shape index (κ3) is 3.46. The number of nitrogens with zero attached hydrogens (tertiary/aromatic N) is 6. The first-order chi connectivity index (χ1) is 16.2. The molecule has 2 atom stereocenters. The van der Waals surface area contributed by atoms with Crippen molar-refractivity contribution in [1.82, 2.24) is 19.9 Å². The van der Waals surface area contributed by atoms with Gasteiger partial charge in [0.2, 0.25) is 5.91 Å². The van der Waals surface area contributed by atoms with Crippen LogP contribution in [-0.4, -0.2) is 44.6 Å². The lowest BCUT2D eigenvalue weighted by Crippen LogP contribution is -2.38. The Kier molecular flexibility index (Phi) is 5.22. The largest absolute Gasteiger partial charge is 0.447 e. The maximum Gasteiger partial charge on any atom is 0.415 e. The van der Waals surface area contributed by atoms with Gasteiger partial charge in [0.1, 0.15) is 12.4 Å². The van der Waals surface area contributed by atoms with Crippen LogP contribution in [0.3, 0.4) is 0 Å². The Bertz CT molecular complexity index is 1220. The van der Waals surface area contributed by atoms with E-state index in [2.05, 4.69) is 21.0 Å². The van der Waals surface area contributed by atoms with Crippen LogP contribution in [0.2, 0.25) is 0 Å². The van der Waals surface area contributed by atoms with E-state index in [1.54, 1.807) is 29.7 Å². The summed E-state index contributed by atoms with van der Waals surface area (Å²) in [6.45, 7) is 10.1. The molecule has 0 saturated carbocycles. The zero-order valence-corrected chi connectivity index (χ0v) is 20.0. The minimum atomic E-state index is -0.609. The van der Waals surface area contributed by atoms with Gasteiger partial charge in [-0.3, -0.25) is 19.6 Å². The van der Waals surface area contributed by atoms with E-state index in [9.17, 15) is 9.59 Å². The van der Waals surface area contributed by atoms with Crippen LogP contribution in [0.15, 0.2) is 42.6 Å². The topological polar surface area (TPSA) is 101 Å². The summed E-state index contributed by atoms with van der Waals surface area (Å²) in [6, 6.07) is -0.138. The van der Waals surface area contributed by atoms with Crippen LogP contribution in [0.5, 0.6) is 0 Å². The summed E-state index contributed by atoms with van der Waals surface area (Å²) in [5.74, 6) is 1.62. The number of rotatable bonds is 4. The Morgan fingerprint density at radius 3 is 2.50 bits per heavy atom. The molecule has 2 saturated heterocycles. The maximum atomic E-state index is 13.6. The number of allylic oxidation sites excluding steroid dienone is 4. The highest BCUT2D eigenvalue weighted by Crippen LogP contribution is 2.50. The molecular formula is C25H28N6O3. The Balaban J connectivity index is 1.56. The van der Waals surface area contributed by atoms with Gasteiger partial charge in [-0.2, -0.15) is 0 Å². The average molecular weight is 461 g/mol. The van der Waals surface area contributed by atoms with Gasteiger partial charge in [-0.15, -0.1) is 0 Å². The summed E-state index contributed by atoms with van der Waals surface area (Å²) >= 11 is 0. The van der Waals surface area contributed by atoms with Gasteiger partial charge in [-0.05, 0) is 30.9 Å². The van der Waals surface area contributed by atoms with Crippen LogP contribution in [0, 0.1) is 24.2 Å². The van der Waals surface area contributed by atoms with E-state index < -0.39 is 11.5 Å². The van der Waals surface area contributed by atoms with E-state index in [1.807, 2.05) is 40.7 Å². The van der Waals surface area contributed by atoms with Crippen LogP contribution in [-0.2, 0) is 9.53 Å². The van der Waals surface area contributed by atoms with Gasteiger partial charge in [0, 0.05) is 29.6 Å². The molecule has 2 fully saturated rings. The molecule has 1 aliphatic carbocycles. The fourth-order valence-corrected chi connectivity index (χ4v) is 4.86. The van der Waals surface area contributed by atoms with Crippen molar-refractivity contribution in [3.63, 3.8) is 0 Å². The average Bonchev–Trinajstić information content (AvgIpc) is 3.29. The van der Waals surface area contributed by atoms with Gasteiger partial charge in [0.05, 0.1) is 23.9 Å². The lowest BCUT2D eigenvalue weighted by Gasteiger charge is -2.26. The molecule has 176 valence electrons. The van der Waals surface area contributed by atoms with Crippen molar-refractivity contribution in [2.75, 3.05) is 16.4 Å². The van der Waals surface area contributed by atoms with Crippen LogP contribution in [0.1, 0.15) is 45.5 Å². The van der Waals surface area contributed by atoms with Crippen molar-refractivity contribution in [2.24, 2.45) is 17.3 Å². The number of hydrogen-bond donors (Lipinski definition) is 0. The number of aryl methyl sites for hydroxylation is 1. The third-order valence-electron chi connectivity index (χ3n) is 6.99. The first-order valence-corrected chi connectivity index (χ1v) is 11.5. The quantitative estimate of drug-likeness (QED) is 0.681. The number of fused-ring (bicyclic) bond motifs is 1. The molecule has 2 aromatic heterocycles. The number of aromatic nitrogens is 4. The Hall–Kier alpha value is -3.62. The highest BCUT2D eigenvalue weighted by atomic mass is 16.6. The molecule has 0 aromatic carbocycles.